The van der Waals surface area contributed by atoms with Crippen LogP contribution in [0.5, 0.6) is 5.75 Å². The van der Waals surface area contributed by atoms with Crippen LogP contribution in [0.4, 0.5) is 0 Å². The van der Waals surface area contributed by atoms with Gasteiger partial charge < -0.3 is 9.64 Å². The Bertz CT molecular complexity index is 988. The SMILES string of the molecule is CCCN1CCN(C(=O)c2ccc(-c3cc(-c4cccc(OC)c4)n[nH]3)cc2)CC1. The lowest BCUT2D eigenvalue weighted by molar-refractivity contribution is 0.0637. The summed E-state index contributed by atoms with van der Waals surface area (Å²) in [5, 5.41) is 7.53. The Labute approximate surface area is 177 Å². The number of ether oxygens (including phenoxy) is 1. The van der Waals surface area contributed by atoms with Gasteiger partial charge in [0.1, 0.15) is 5.75 Å². The fraction of sp³-hybridized carbons (Fsp3) is 0.333. The van der Waals surface area contributed by atoms with Crippen LogP contribution in [0.1, 0.15) is 23.7 Å². The minimum Gasteiger partial charge on any atom is -0.497 e. The number of piperazine rings is 1. The molecule has 1 N–H and O–H groups in total. The van der Waals surface area contributed by atoms with E-state index in [4.69, 9.17) is 4.74 Å². The summed E-state index contributed by atoms with van der Waals surface area (Å²) in [5.74, 6) is 0.912. The molecule has 0 aliphatic carbocycles. The van der Waals surface area contributed by atoms with Gasteiger partial charge in [-0.2, -0.15) is 5.10 Å². The zero-order chi connectivity index (χ0) is 20.9. The number of hydrogen-bond donors (Lipinski definition) is 1. The molecule has 0 spiro atoms. The number of nitrogens with one attached hydrogen (secondary N) is 1. The number of H-pyrrole nitrogens is 1. The molecule has 6 heteroatoms. The van der Waals surface area contributed by atoms with Crippen LogP contribution in [0, 0.1) is 0 Å². The second-order valence-corrected chi connectivity index (χ2v) is 7.61. The van der Waals surface area contributed by atoms with Crippen LogP contribution in [-0.4, -0.2) is 65.7 Å². The first-order valence-electron chi connectivity index (χ1n) is 10.5. The zero-order valence-corrected chi connectivity index (χ0v) is 17.6. The average molecular weight is 405 g/mol. The molecular formula is C24H28N4O2. The highest BCUT2D eigenvalue weighted by molar-refractivity contribution is 5.94. The summed E-state index contributed by atoms with van der Waals surface area (Å²) in [6, 6.07) is 17.6. The number of benzene rings is 2. The van der Waals surface area contributed by atoms with Gasteiger partial charge in [-0.15, -0.1) is 0 Å². The molecule has 1 aromatic heterocycles. The quantitative estimate of drug-likeness (QED) is 0.676. The maximum atomic E-state index is 12.8. The van der Waals surface area contributed by atoms with Crippen LogP contribution in [0.15, 0.2) is 54.6 Å². The minimum atomic E-state index is 0.111. The topological polar surface area (TPSA) is 61.5 Å². The van der Waals surface area contributed by atoms with Crippen molar-refractivity contribution in [1.82, 2.24) is 20.0 Å². The molecule has 4 rings (SSSR count). The normalized spacial score (nSPS) is 14.7. The number of aromatic amines is 1. The summed E-state index contributed by atoms with van der Waals surface area (Å²) in [4.78, 5) is 17.2. The lowest BCUT2D eigenvalue weighted by atomic mass is 10.1. The summed E-state index contributed by atoms with van der Waals surface area (Å²) in [5.41, 5.74) is 4.50. The van der Waals surface area contributed by atoms with Gasteiger partial charge in [0.05, 0.1) is 18.5 Å². The van der Waals surface area contributed by atoms with Gasteiger partial charge in [0.2, 0.25) is 0 Å². The highest BCUT2D eigenvalue weighted by Crippen LogP contribution is 2.26. The number of nitrogens with zero attached hydrogens (tertiary/aromatic N) is 3. The number of carbonyl (C=O) groups is 1. The van der Waals surface area contributed by atoms with Crippen molar-refractivity contribution < 1.29 is 9.53 Å². The Hall–Kier alpha value is -3.12. The van der Waals surface area contributed by atoms with E-state index in [0.717, 1.165) is 73.0 Å². The first-order valence-corrected chi connectivity index (χ1v) is 10.5. The Balaban J connectivity index is 1.44. The molecular weight excluding hydrogens is 376 g/mol. The molecule has 1 aliphatic heterocycles. The summed E-state index contributed by atoms with van der Waals surface area (Å²) in [7, 11) is 1.66. The van der Waals surface area contributed by atoms with E-state index in [1.165, 1.54) is 0 Å². The van der Waals surface area contributed by atoms with Crippen molar-refractivity contribution in [2.75, 3.05) is 39.8 Å². The van der Waals surface area contributed by atoms with Gasteiger partial charge in [-0.3, -0.25) is 14.8 Å². The van der Waals surface area contributed by atoms with Crippen molar-refractivity contribution in [2.45, 2.75) is 13.3 Å². The van der Waals surface area contributed by atoms with Crippen LogP contribution >= 0.6 is 0 Å². The summed E-state index contributed by atoms with van der Waals surface area (Å²) in [6.45, 7) is 6.81. The summed E-state index contributed by atoms with van der Waals surface area (Å²) in [6.07, 6.45) is 1.16. The van der Waals surface area contributed by atoms with Crippen LogP contribution in [0.2, 0.25) is 0 Å². The number of aromatic nitrogens is 2. The van der Waals surface area contributed by atoms with E-state index in [1.54, 1.807) is 7.11 Å². The van der Waals surface area contributed by atoms with Crippen molar-refractivity contribution in [3.63, 3.8) is 0 Å². The van der Waals surface area contributed by atoms with Gasteiger partial charge in [-0.1, -0.05) is 31.2 Å². The van der Waals surface area contributed by atoms with E-state index in [9.17, 15) is 4.79 Å². The molecule has 1 fully saturated rings. The molecule has 0 atom stereocenters. The van der Waals surface area contributed by atoms with Gasteiger partial charge >= 0.3 is 0 Å². The molecule has 0 bridgehead atoms. The number of methoxy groups -OCH3 is 1. The molecule has 3 aromatic rings. The van der Waals surface area contributed by atoms with E-state index in [0.29, 0.717) is 0 Å². The fourth-order valence-electron chi connectivity index (χ4n) is 3.87. The third kappa shape index (κ3) is 4.39. The van der Waals surface area contributed by atoms with Gasteiger partial charge in [0, 0.05) is 37.3 Å². The third-order valence-electron chi connectivity index (χ3n) is 5.59. The van der Waals surface area contributed by atoms with Gasteiger partial charge in [-0.25, -0.2) is 0 Å². The van der Waals surface area contributed by atoms with E-state index in [-0.39, 0.29) is 5.91 Å². The van der Waals surface area contributed by atoms with E-state index < -0.39 is 0 Å². The molecule has 1 saturated heterocycles. The number of rotatable bonds is 6. The Morgan fingerprint density at radius 2 is 1.80 bits per heavy atom. The lowest BCUT2D eigenvalue weighted by Crippen LogP contribution is -2.48. The zero-order valence-electron chi connectivity index (χ0n) is 17.6. The molecule has 2 heterocycles. The van der Waals surface area contributed by atoms with Crippen LogP contribution in [0.3, 0.4) is 0 Å². The predicted molar refractivity (Wildman–Crippen MR) is 119 cm³/mol. The van der Waals surface area contributed by atoms with Gasteiger partial charge in [0.15, 0.2) is 0 Å². The Morgan fingerprint density at radius 1 is 1.03 bits per heavy atom. The molecule has 6 nitrogen and oxygen atoms in total. The van der Waals surface area contributed by atoms with E-state index in [2.05, 4.69) is 22.0 Å². The maximum Gasteiger partial charge on any atom is 0.253 e. The summed E-state index contributed by atoms with van der Waals surface area (Å²) >= 11 is 0. The van der Waals surface area contributed by atoms with E-state index >= 15 is 0 Å². The molecule has 1 amide bonds. The molecule has 0 radical (unpaired) electrons. The average Bonchev–Trinajstić information content (AvgIpc) is 3.30. The standard InChI is InChI=1S/C24H28N4O2/c1-3-11-27-12-14-28(15-13-27)24(29)19-9-7-18(8-10-19)22-17-23(26-25-22)20-5-4-6-21(16-20)30-2/h4-10,16-17H,3,11-15H2,1-2H3,(H,25,26). The molecule has 0 saturated carbocycles. The first kappa shape index (κ1) is 20.2. The highest BCUT2D eigenvalue weighted by Gasteiger charge is 2.21. The highest BCUT2D eigenvalue weighted by atomic mass is 16.5. The van der Waals surface area contributed by atoms with Crippen molar-refractivity contribution >= 4 is 5.91 Å². The van der Waals surface area contributed by atoms with Crippen molar-refractivity contribution in [3.05, 3.63) is 60.2 Å². The van der Waals surface area contributed by atoms with Crippen molar-refractivity contribution in [3.8, 4) is 28.3 Å². The Kier molecular flexibility index (Phi) is 6.14. The van der Waals surface area contributed by atoms with Gasteiger partial charge in [0.25, 0.3) is 5.91 Å². The predicted octanol–water partition coefficient (Wildman–Crippen LogP) is 3.92. The largest absolute Gasteiger partial charge is 0.497 e. The lowest BCUT2D eigenvalue weighted by Gasteiger charge is -2.34. The molecule has 2 aromatic carbocycles. The van der Waals surface area contributed by atoms with Crippen LogP contribution in [-0.2, 0) is 0 Å². The van der Waals surface area contributed by atoms with Crippen LogP contribution < -0.4 is 4.74 Å². The second kappa shape index (κ2) is 9.13. The fourth-order valence-corrected chi connectivity index (χ4v) is 3.87. The number of hydrogen-bond acceptors (Lipinski definition) is 4. The molecule has 30 heavy (non-hydrogen) atoms. The number of amides is 1. The van der Waals surface area contributed by atoms with Crippen LogP contribution in [0.25, 0.3) is 22.5 Å². The smallest absolute Gasteiger partial charge is 0.253 e. The van der Waals surface area contributed by atoms with Crippen molar-refractivity contribution in [2.24, 2.45) is 0 Å². The number of carbonyl (C=O) groups excluding carboxylic acids is 1. The monoisotopic (exact) mass is 404 g/mol. The Morgan fingerprint density at radius 3 is 2.50 bits per heavy atom. The van der Waals surface area contributed by atoms with E-state index in [1.807, 2.05) is 59.5 Å². The molecule has 1 aliphatic rings. The molecule has 0 unspecified atom stereocenters. The van der Waals surface area contributed by atoms with Gasteiger partial charge in [-0.05, 0) is 48.9 Å². The van der Waals surface area contributed by atoms with Crippen molar-refractivity contribution in [1.29, 1.82) is 0 Å². The second-order valence-electron chi connectivity index (χ2n) is 7.61. The minimum absolute atomic E-state index is 0.111. The first-order chi connectivity index (χ1) is 14.7. The maximum absolute atomic E-state index is 12.8. The molecule has 156 valence electrons. The third-order valence-corrected chi connectivity index (χ3v) is 5.59. The summed E-state index contributed by atoms with van der Waals surface area (Å²) < 4.78 is 5.29.